The first-order chi connectivity index (χ1) is 10.5. The molecule has 6 heteroatoms. The average molecular weight is 300 g/mol. The highest BCUT2D eigenvalue weighted by molar-refractivity contribution is 5.95. The zero-order valence-electron chi connectivity index (χ0n) is 12.2. The van der Waals surface area contributed by atoms with Crippen LogP contribution >= 0.6 is 0 Å². The standard InChI is InChI=1S/C16H16N2O4/c1-16(10-21-12-6-4-11(9-17)5-7-12)15(20)18-8-2-3-13(18)14(19)22-16/h4-7,13H,2-3,8,10H2,1H3/t13?,16-/m1/s1. The molecule has 1 aromatic carbocycles. The van der Waals surface area contributed by atoms with Gasteiger partial charge in [0.1, 0.15) is 18.4 Å². The van der Waals surface area contributed by atoms with Gasteiger partial charge in [0.25, 0.3) is 5.91 Å². The molecule has 0 bridgehead atoms. The Hall–Kier alpha value is -2.55. The summed E-state index contributed by atoms with van der Waals surface area (Å²) in [6.07, 6.45) is 1.48. The second kappa shape index (κ2) is 5.34. The highest BCUT2D eigenvalue weighted by Gasteiger charge is 2.52. The van der Waals surface area contributed by atoms with Crippen molar-refractivity contribution in [1.82, 2.24) is 4.90 Å². The molecule has 3 rings (SSSR count). The van der Waals surface area contributed by atoms with E-state index in [1.165, 1.54) is 0 Å². The number of hydrogen-bond acceptors (Lipinski definition) is 5. The maximum atomic E-state index is 12.5. The molecule has 114 valence electrons. The summed E-state index contributed by atoms with van der Waals surface area (Å²) in [6, 6.07) is 8.14. The van der Waals surface area contributed by atoms with Crippen LogP contribution in [0.15, 0.2) is 24.3 Å². The van der Waals surface area contributed by atoms with Crippen LogP contribution in [0.5, 0.6) is 5.75 Å². The summed E-state index contributed by atoms with van der Waals surface area (Å²) < 4.78 is 10.9. The molecule has 0 N–H and O–H groups in total. The second-order valence-corrected chi connectivity index (χ2v) is 5.73. The first-order valence-electron chi connectivity index (χ1n) is 7.20. The first kappa shape index (κ1) is 14.4. The van der Waals surface area contributed by atoms with Crippen LogP contribution in [0.1, 0.15) is 25.3 Å². The van der Waals surface area contributed by atoms with Gasteiger partial charge in [-0.25, -0.2) is 4.79 Å². The maximum Gasteiger partial charge on any atom is 0.330 e. The normalized spacial score (nSPS) is 27.1. The average Bonchev–Trinajstić information content (AvgIpc) is 3.02. The van der Waals surface area contributed by atoms with Crippen LogP contribution in [0, 0.1) is 11.3 Å². The van der Waals surface area contributed by atoms with Crippen LogP contribution in [0.2, 0.25) is 0 Å². The number of nitriles is 1. The molecule has 2 atom stereocenters. The Kier molecular flexibility index (Phi) is 3.49. The molecule has 2 saturated heterocycles. The molecule has 6 nitrogen and oxygen atoms in total. The predicted octanol–water partition coefficient (Wildman–Crippen LogP) is 1.24. The number of morpholine rings is 1. The Labute approximate surface area is 128 Å². The SMILES string of the molecule is C[C@]1(COc2ccc(C#N)cc2)OC(=O)C2CCCN2C1=O. The molecule has 0 aromatic heterocycles. The monoisotopic (exact) mass is 300 g/mol. The van der Waals surface area contributed by atoms with Gasteiger partial charge < -0.3 is 14.4 Å². The number of amides is 1. The van der Waals surface area contributed by atoms with Crippen LogP contribution in [0.25, 0.3) is 0 Å². The highest BCUT2D eigenvalue weighted by Crippen LogP contribution is 2.31. The first-order valence-corrected chi connectivity index (χ1v) is 7.20. The van der Waals surface area contributed by atoms with E-state index in [1.807, 2.05) is 6.07 Å². The zero-order valence-corrected chi connectivity index (χ0v) is 12.2. The van der Waals surface area contributed by atoms with Gasteiger partial charge >= 0.3 is 5.97 Å². The molecule has 0 aliphatic carbocycles. The number of nitrogens with zero attached hydrogens (tertiary/aromatic N) is 2. The van der Waals surface area contributed by atoms with Gasteiger partial charge in [-0.15, -0.1) is 0 Å². The lowest BCUT2D eigenvalue weighted by Gasteiger charge is -2.39. The molecular formula is C16H16N2O4. The molecule has 0 spiro atoms. The summed E-state index contributed by atoms with van der Waals surface area (Å²) in [4.78, 5) is 26.1. The minimum atomic E-state index is -1.30. The van der Waals surface area contributed by atoms with Gasteiger partial charge in [0.05, 0.1) is 11.6 Å². The van der Waals surface area contributed by atoms with Gasteiger partial charge in [0.2, 0.25) is 5.60 Å². The number of rotatable bonds is 3. The number of benzene rings is 1. The van der Waals surface area contributed by atoms with Crippen LogP contribution in [0.4, 0.5) is 0 Å². The van der Waals surface area contributed by atoms with E-state index in [0.29, 0.717) is 24.3 Å². The Bertz CT molecular complexity index is 649. The van der Waals surface area contributed by atoms with Crippen molar-refractivity contribution in [3.63, 3.8) is 0 Å². The third-order valence-electron chi connectivity index (χ3n) is 4.06. The summed E-state index contributed by atoms with van der Waals surface area (Å²) in [5.74, 6) is -0.0427. The van der Waals surface area contributed by atoms with Gasteiger partial charge in [-0.1, -0.05) is 0 Å². The maximum absolute atomic E-state index is 12.5. The van der Waals surface area contributed by atoms with Gasteiger partial charge in [-0.2, -0.15) is 5.26 Å². The van der Waals surface area contributed by atoms with Gasteiger partial charge in [-0.05, 0) is 44.0 Å². The molecule has 2 fully saturated rings. The summed E-state index contributed by atoms with van der Waals surface area (Å²) >= 11 is 0. The summed E-state index contributed by atoms with van der Waals surface area (Å²) in [7, 11) is 0. The van der Waals surface area contributed by atoms with E-state index in [4.69, 9.17) is 14.7 Å². The molecule has 2 aliphatic rings. The van der Waals surface area contributed by atoms with Crippen molar-refractivity contribution in [2.24, 2.45) is 0 Å². The largest absolute Gasteiger partial charge is 0.489 e. The van der Waals surface area contributed by atoms with Gasteiger partial charge in [0, 0.05) is 6.54 Å². The lowest BCUT2D eigenvalue weighted by Crippen LogP contribution is -2.61. The molecule has 2 heterocycles. The minimum Gasteiger partial charge on any atom is -0.489 e. The van der Waals surface area contributed by atoms with Crippen LogP contribution in [-0.4, -0.2) is 41.6 Å². The zero-order chi connectivity index (χ0) is 15.7. The van der Waals surface area contributed by atoms with Crippen molar-refractivity contribution >= 4 is 11.9 Å². The summed E-state index contributed by atoms with van der Waals surface area (Å²) in [5.41, 5.74) is -0.773. The molecule has 0 radical (unpaired) electrons. The van der Waals surface area contributed by atoms with Crippen molar-refractivity contribution in [2.75, 3.05) is 13.2 Å². The number of fused-ring (bicyclic) bond motifs is 1. The van der Waals surface area contributed by atoms with Crippen LogP contribution < -0.4 is 4.74 Å². The molecule has 1 aromatic rings. The van der Waals surface area contributed by atoms with Crippen molar-refractivity contribution in [1.29, 1.82) is 5.26 Å². The Balaban J connectivity index is 1.71. The number of carbonyl (C=O) groups excluding carboxylic acids is 2. The van der Waals surface area contributed by atoms with E-state index in [9.17, 15) is 9.59 Å². The van der Waals surface area contributed by atoms with E-state index >= 15 is 0 Å². The molecular weight excluding hydrogens is 284 g/mol. The predicted molar refractivity (Wildman–Crippen MR) is 75.9 cm³/mol. The van der Waals surface area contributed by atoms with Crippen LogP contribution in [0.3, 0.4) is 0 Å². The lowest BCUT2D eigenvalue weighted by molar-refractivity contribution is -0.191. The number of cyclic esters (lactones) is 1. The van der Waals surface area contributed by atoms with E-state index in [1.54, 1.807) is 36.1 Å². The summed E-state index contributed by atoms with van der Waals surface area (Å²) in [6.45, 7) is 2.11. The van der Waals surface area contributed by atoms with Gasteiger partial charge in [0.15, 0.2) is 0 Å². The third-order valence-corrected chi connectivity index (χ3v) is 4.06. The fraction of sp³-hybridized carbons (Fsp3) is 0.438. The second-order valence-electron chi connectivity index (χ2n) is 5.73. The molecule has 0 saturated carbocycles. The highest BCUT2D eigenvalue weighted by atomic mass is 16.6. The molecule has 1 unspecified atom stereocenters. The van der Waals surface area contributed by atoms with Crippen molar-refractivity contribution in [3.8, 4) is 11.8 Å². The summed E-state index contributed by atoms with van der Waals surface area (Å²) in [5, 5.41) is 8.76. The smallest absolute Gasteiger partial charge is 0.330 e. The quantitative estimate of drug-likeness (QED) is 0.785. The number of hydrogen-bond donors (Lipinski definition) is 0. The topological polar surface area (TPSA) is 79.6 Å². The fourth-order valence-electron chi connectivity index (χ4n) is 2.83. The van der Waals surface area contributed by atoms with E-state index in [2.05, 4.69) is 0 Å². The Morgan fingerprint density at radius 3 is 2.82 bits per heavy atom. The van der Waals surface area contributed by atoms with Crippen molar-refractivity contribution in [2.45, 2.75) is 31.4 Å². The molecule has 2 aliphatic heterocycles. The third kappa shape index (κ3) is 2.39. The minimum absolute atomic E-state index is 0.0489. The fourth-order valence-corrected chi connectivity index (χ4v) is 2.83. The molecule has 22 heavy (non-hydrogen) atoms. The Morgan fingerprint density at radius 2 is 2.14 bits per heavy atom. The van der Waals surface area contributed by atoms with Crippen LogP contribution in [-0.2, 0) is 14.3 Å². The Morgan fingerprint density at radius 1 is 1.41 bits per heavy atom. The number of esters is 1. The van der Waals surface area contributed by atoms with E-state index in [0.717, 1.165) is 6.42 Å². The number of ether oxygens (including phenoxy) is 2. The van der Waals surface area contributed by atoms with Crippen molar-refractivity contribution < 1.29 is 19.1 Å². The molecule has 1 amide bonds. The van der Waals surface area contributed by atoms with Crippen molar-refractivity contribution in [3.05, 3.63) is 29.8 Å². The van der Waals surface area contributed by atoms with Gasteiger partial charge in [-0.3, -0.25) is 4.79 Å². The number of carbonyl (C=O) groups is 2. The lowest BCUT2D eigenvalue weighted by atomic mass is 10.0. The van der Waals surface area contributed by atoms with E-state index < -0.39 is 11.6 Å². The van der Waals surface area contributed by atoms with E-state index in [-0.39, 0.29) is 18.5 Å².